The number of carboxylic acid groups (broad SMARTS) is 1. The summed E-state index contributed by atoms with van der Waals surface area (Å²) in [7, 11) is 0. The highest BCUT2D eigenvalue weighted by Crippen LogP contribution is 2.35. The Labute approximate surface area is 111 Å². The predicted octanol–water partition coefficient (Wildman–Crippen LogP) is 3.23. The predicted molar refractivity (Wildman–Crippen MR) is 71.7 cm³/mol. The number of para-hydroxylation sites is 1. The summed E-state index contributed by atoms with van der Waals surface area (Å²) in [6.07, 6.45) is 4.68. The lowest BCUT2D eigenvalue weighted by Gasteiger charge is -2.12. The van der Waals surface area contributed by atoms with Crippen molar-refractivity contribution in [1.82, 2.24) is 9.78 Å². The van der Waals surface area contributed by atoms with Crippen LogP contribution in [0.1, 0.15) is 47.8 Å². The number of nitrogens with zero attached hydrogens (tertiary/aromatic N) is 2. The van der Waals surface area contributed by atoms with Crippen LogP contribution in [0, 0.1) is 0 Å². The van der Waals surface area contributed by atoms with Gasteiger partial charge in [-0.15, -0.1) is 0 Å². The van der Waals surface area contributed by atoms with E-state index in [4.69, 9.17) is 5.11 Å². The van der Waals surface area contributed by atoms with E-state index >= 15 is 0 Å². The number of benzene rings is 1. The van der Waals surface area contributed by atoms with Gasteiger partial charge < -0.3 is 5.11 Å². The Morgan fingerprint density at radius 3 is 2.53 bits per heavy atom. The molecule has 1 N–H and O–H groups in total. The molecule has 1 aliphatic rings. The highest BCUT2D eigenvalue weighted by molar-refractivity contribution is 5.85. The third-order valence-corrected chi connectivity index (χ3v) is 3.73. The van der Waals surface area contributed by atoms with Gasteiger partial charge >= 0.3 is 5.97 Å². The number of carbonyl (C=O) groups is 1. The molecule has 19 heavy (non-hydrogen) atoms. The Hall–Kier alpha value is -2.10. The fraction of sp³-hybridized carbons (Fsp3) is 0.333. The van der Waals surface area contributed by atoms with Crippen molar-refractivity contribution in [2.45, 2.75) is 31.6 Å². The van der Waals surface area contributed by atoms with E-state index in [1.165, 1.54) is 12.8 Å². The summed E-state index contributed by atoms with van der Waals surface area (Å²) >= 11 is 0. The van der Waals surface area contributed by atoms with Crippen LogP contribution >= 0.6 is 0 Å². The van der Waals surface area contributed by atoms with Gasteiger partial charge in [-0.05, 0) is 31.0 Å². The molecule has 0 saturated heterocycles. The Morgan fingerprint density at radius 1 is 1.21 bits per heavy atom. The summed E-state index contributed by atoms with van der Waals surface area (Å²) < 4.78 is 1.79. The minimum Gasteiger partial charge on any atom is -0.476 e. The van der Waals surface area contributed by atoms with E-state index in [9.17, 15) is 4.79 Å². The first-order valence-electron chi connectivity index (χ1n) is 6.64. The SMILES string of the molecule is O=C(O)c1cc(C2CCCC2)n(-c2ccccc2)n1. The van der Waals surface area contributed by atoms with Gasteiger partial charge in [-0.25, -0.2) is 9.48 Å². The molecule has 0 radical (unpaired) electrons. The topological polar surface area (TPSA) is 55.1 Å². The molecule has 1 aromatic heterocycles. The van der Waals surface area contributed by atoms with Crippen LogP contribution in [0.25, 0.3) is 5.69 Å². The molecular formula is C15H16N2O2. The zero-order valence-corrected chi connectivity index (χ0v) is 10.6. The van der Waals surface area contributed by atoms with Crippen molar-refractivity contribution in [3.05, 3.63) is 47.8 Å². The summed E-state index contributed by atoms with van der Waals surface area (Å²) in [5, 5.41) is 13.4. The van der Waals surface area contributed by atoms with Crippen LogP contribution in [0.3, 0.4) is 0 Å². The number of aromatic nitrogens is 2. The van der Waals surface area contributed by atoms with Gasteiger partial charge in [-0.1, -0.05) is 31.0 Å². The van der Waals surface area contributed by atoms with Crippen molar-refractivity contribution in [2.75, 3.05) is 0 Å². The second kappa shape index (κ2) is 4.88. The van der Waals surface area contributed by atoms with E-state index in [0.29, 0.717) is 5.92 Å². The molecule has 1 heterocycles. The molecule has 0 unspecified atom stereocenters. The molecule has 0 atom stereocenters. The fourth-order valence-corrected chi connectivity index (χ4v) is 2.79. The van der Waals surface area contributed by atoms with Crippen molar-refractivity contribution in [2.24, 2.45) is 0 Å². The van der Waals surface area contributed by atoms with Crippen LogP contribution < -0.4 is 0 Å². The number of carboxylic acids is 1. The lowest BCUT2D eigenvalue weighted by atomic mass is 10.0. The smallest absolute Gasteiger partial charge is 0.356 e. The Morgan fingerprint density at radius 2 is 1.89 bits per heavy atom. The van der Waals surface area contributed by atoms with Gasteiger partial charge in [-0.2, -0.15) is 5.10 Å². The fourth-order valence-electron chi connectivity index (χ4n) is 2.79. The molecule has 1 fully saturated rings. The van der Waals surface area contributed by atoms with Gasteiger partial charge in [-0.3, -0.25) is 0 Å². The largest absolute Gasteiger partial charge is 0.476 e. The number of rotatable bonds is 3. The van der Waals surface area contributed by atoms with Gasteiger partial charge in [0.15, 0.2) is 5.69 Å². The molecule has 1 aliphatic carbocycles. The molecule has 3 rings (SSSR count). The van der Waals surface area contributed by atoms with Crippen LogP contribution in [0.2, 0.25) is 0 Å². The first-order chi connectivity index (χ1) is 9.25. The van der Waals surface area contributed by atoms with Gasteiger partial charge in [0, 0.05) is 11.6 Å². The highest BCUT2D eigenvalue weighted by atomic mass is 16.4. The van der Waals surface area contributed by atoms with E-state index in [0.717, 1.165) is 24.2 Å². The maximum Gasteiger partial charge on any atom is 0.356 e. The standard InChI is InChI=1S/C15H16N2O2/c18-15(19)13-10-14(11-6-4-5-7-11)17(16-13)12-8-2-1-3-9-12/h1-3,8-11H,4-7H2,(H,18,19). The molecule has 4 heteroatoms. The average Bonchev–Trinajstić information content (AvgIpc) is 3.08. The Balaban J connectivity index is 2.08. The quantitative estimate of drug-likeness (QED) is 0.917. The number of aromatic carboxylic acids is 1. The molecule has 1 saturated carbocycles. The van der Waals surface area contributed by atoms with E-state index in [-0.39, 0.29) is 5.69 Å². The minimum absolute atomic E-state index is 0.130. The van der Waals surface area contributed by atoms with Gasteiger partial charge in [0.1, 0.15) is 0 Å². The molecule has 2 aromatic rings. The second-order valence-corrected chi connectivity index (χ2v) is 4.99. The van der Waals surface area contributed by atoms with Crippen molar-refractivity contribution < 1.29 is 9.90 Å². The lowest BCUT2D eigenvalue weighted by molar-refractivity contribution is 0.0690. The summed E-state index contributed by atoms with van der Waals surface area (Å²) in [5.41, 5.74) is 2.09. The van der Waals surface area contributed by atoms with Crippen LogP contribution in [0.4, 0.5) is 0 Å². The minimum atomic E-state index is -0.964. The van der Waals surface area contributed by atoms with Gasteiger partial charge in [0.05, 0.1) is 5.69 Å². The van der Waals surface area contributed by atoms with Crippen LogP contribution in [0.15, 0.2) is 36.4 Å². The summed E-state index contributed by atoms with van der Waals surface area (Å²) in [6.45, 7) is 0. The lowest BCUT2D eigenvalue weighted by Crippen LogP contribution is -2.06. The van der Waals surface area contributed by atoms with Crippen molar-refractivity contribution in [1.29, 1.82) is 0 Å². The van der Waals surface area contributed by atoms with Crippen molar-refractivity contribution >= 4 is 5.97 Å². The van der Waals surface area contributed by atoms with Gasteiger partial charge in [0.25, 0.3) is 0 Å². The summed E-state index contributed by atoms with van der Waals surface area (Å²) in [4.78, 5) is 11.1. The molecule has 98 valence electrons. The second-order valence-electron chi connectivity index (χ2n) is 4.99. The Kier molecular flexibility index (Phi) is 3.07. The number of hydrogen-bond acceptors (Lipinski definition) is 2. The van der Waals surface area contributed by atoms with Crippen LogP contribution in [0.5, 0.6) is 0 Å². The monoisotopic (exact) mass is 256 g/mol. The Bertz CT molecular complexity index is 583. The summed E-state index contributed by atoms with van der Waals surface area (Å²) in [5.74, 6) is -0.533. The zero-order valence-electron chi connectivity index (χ0n) is 10.6. The van der Waals surface area contributed by atoms with Crippen LogP contribution in [-0.4, -0.2) is 20.9 Å². The van der Waals surface area contributed by atoms with E-state index in [1.807, 2.05) is 30.3 Å². The highest BCUT2D eigenvalue weighted by Gasteiger charge is 2.24. The molecule has 0 aliphatic heterocycles. The van der Waals surface area contributed by atoms with E-state index in [2.05, 4.69) is 5.10 Å². The molecule has 0 spiro atoms. The van der Waals surface area contributed by atoms with Crippen molar-refractivity contribution in [3.63, 3.8) is 0 Å². The normalized spacial score (nSPS) is 15.8. The molecular weight excluding hydrogens is 240 g/mol. The maximum absolute atomic E-state index is 11.1. The summed E-state index contributed by atoms with van der Waals surface area (Å²) in [6, 6.07) is 11.5. The average molecular weight is 256 g/mol. The van der Waals surface area contributed by atoms with E-state index < -0.39 is 5.97 Å². The van der Waals surface area contributed by atoms with E-state index in [1.54, 1.807) is 10.7 Å². The first kappa shape index (κ1) is 12.0. The molecule has 0 bridgehead atoms. The zero-order chi connectivity index (χ0) is 13.2. The van der Waals surface area contributed by atoms with Crippen LogP contribution in [-0.2, 0) is 0 Å². The van der Waals surface area contributed by atoms with Crippen molar-refractivity contribution in [3.8, 4) is 5.69 Å². The molecule has 0 amide bonds. The molecule has 1 aromatic carbocycles. The maximum atomic E-state index is 11.1. The molecule has 4 nitrogen and oxygen atoms in total. The third kappa shape index (κ3) is 2.26. The van der Waals surface area contributed by atoms with Gasteiger partial charge in [0.2, 0.25) is 0 Å². The third-order valence-electron chi connectivity index (χ3n) is 3.73. The first-order valence-corrected chi connectivity index (χ1v) is 6.64. The number of hydrogen-bond donors (Lipinski definition) is 1.